The maximum Gasteiger partial charge on any atom is 0.242 e. The number of hydrogen-bond acceptors (Lipinski definition) is 4. The fraction of sp³-hybridized carbons (Fsp3) is 0.409. The average molecular weight is 398 g/mol. The Morgan fingerprint density at radius 2 is 2.00 bits per heavy atom. The predicted octanol–water partition coefficient (Wildman–Crippen LogP) is 3.89. The fourth-order valence-corrected chi connectivity index (χ4v) is 3.75. The van der Waals surface area contributed by atoms with E-state index < -0.39 is 0 Å². The monoisotopic (exact) mass is 398 g/mol. The quantitative estimate of drug-likeness (QED) is 0.632. The Labute approximate surface area is 170 Å². The highest BCUT2D eigenvalue weighted by atomic mass is 19.1. The average Bonchev–Trinajstić information content (AvgIpc) is 3.02. The van der Waals surface area contributed by atoms with Gasteiger partial charge in [0.1, 0.15) is 5.82 Å². The molecule has 0 aliphatic carbocycles. The first-order valence-electron chi connectivity index (χ1n) is 9.63. The van der Waals surface area contributed by atoms with E-state index in [1.54, 1.807) is 41.9 Å². The molecule has 0 aliphatic heterocycles. The number of aromatic nitrogens is 3. The van der Waals surface area contributed by atoms with Gasteiger partial charge in [-0.25, -0.2) is 14.1 Å². The minimum absolute atomic E-state index is 0.0437. The number of pyridine rings is 1. The predicted molar refractivity (Wildman–Crippen MR) is 110 cm³/mol. The Hall–Kier alpha value is -2.96. The normalized spacial score (nSPS) is 12.2. The summed E-state index contributed by atoms with van der Waals surface area (Å²) in [6.45, 7) is 5.78. The van der Waals surface area contributed by atoms with Crippen LogP contribution in [0.15, 0.2) is 24.3 Å². The van der Waals surface area contributed by atoms with E-state index in [9.17, 15) is 9.18 Å². The molecule has 0 bridgehead atoms. The van der Waals surface area contributed by atoms with Gasteiger partial charge in [0.2, 0.25) is 11.8 Å². The van der Waals surface area contributed by atoms with Crippen molar-refractivity contribution in [2.24, 2.45) is 7.05 Å². The fourth-order valence-electron chi connectivity index (χ4n) is 3.75. The molecule has 2 aromatic heterocycles. The highest BCUT2D eigenvalue weighted by Crippen LogP contribution is 2.31. The summed E-state index contributed by atoms with van der Waals surface area (Å²) in [4.78, 5) is 19.1. The van der Waals surface area contributed by atoms with Crippen LogP contribution >= 0.6 is 0 Å². The maximum absolute atomic E-state index is 14.1. The largest absolute Gasteiger partial charge is 0.479 e. The second-order valence-corrected chi connectivity index (χ2v) is 7.33. The van der Waals surface area contributed by atoms with E-state index >= 15 is 0 Å². The zero-order valence-corrected chi connectivity index (χ0v) is 17.8. The van der Waals surface area contributed by atoms with Gasteiger partial charge in [-0.15, -0.1) is 5.10 Å². The molecule has 154 valence electrons. The first kappa shape index (κ1) is 20.8. The van der Waals surface area contributed by atoms with Crippen LogP contribution in [0, 0.1) is 19.7 Å². The Balaban J connectivity index is 1.81. The Kier molecular flexibility index (Phi) is 5.86. The molecule has 0 N–H and O–H groups in total. The molecule has 3 rings (SSSR count). The van der Waals surface area contributed by atoms with Gasteiger partial charge in [0, 0.05) is 31.8 Å². The minimum atomic E-state index is -0.343. The summed E-state index contributed by atoms with van der Waals surface area (Å²) in [5.74, 6) is 0.188. The summed E-state index contributed by atoms with van der Waals surface area (Å²) >= 11 is 0. The Morgan fingerprint density at radius 3 is 2.66 bits per heavy atom. The van der Waals surface area contributed by atoms with E-state index in [4.69, 9.17) is 4.74 Å². The Bertz CT molecular complexity index is 1060. The van der Waals surface area contributed by atoms with Crippen LogP contribution in [0.25, 0.3) is 11.0 Å². The first-order valence-corrected chi connectivity index (χ1v) is 9.63. The van der Waals surface area contributed by atoms with Crippen molar-refractivity contribution in [2.75, 3.05) is 14.2 Å². The summed E-state index contributed by atoms with van der Waals surface area (Å²) < 4.78 is 21.2. The van der Waals surface area contributed by atoms with Crippen LogP contribution in [0.3, 0.4) is 0 Å². The van der Waals surface area contributed by atoms with Gasteiger partial charge >= 0.3 is 0 Å². The molecule has 1 atom stereocenters. The van der Waals surface area contributed by atoms with Crippen LogP contribution in [0.4, 0.5) is 4.39 Å². The summed E-state index contributed by atoms with van der Waals surface area (Å²) in [7, 11) is 5.13. The molecule has 1 aromatic carbocycles. The van der Waals surface area contributed by atoms with Crippen molar-refractivity contribution in [3.8, 4) is 5.88 Å². The van der Waals surface area contributed by atoms with E-state index in [1.807, 2.05) is 27.8 Å². The zero-order chi connectivity index (χ0) is 21.3. The second kappa shape index (κ2) is 8.19. The number of aryl methyl sites for hydroxylation is 3. The van der Waals surface area contributed by atoms with E-state index in [0.717, 1.165) is 27.9 Å². The molecule has 29 heavy (non-hydrogen) atoms. The van der Waals surface area contributed by atoms with Crippen molar-refractivity contribution >= 4 is 16.9 Å². The number of nitrogens with zero attached hydrogens (tertiary/aromatic N) is 4. The van der Waals surface area contributed by atoms with E-state index in [0.29, 0.717) is 24.3 Å². The molecule has 0 saturated carbocycles. The molecular weight excluding hydrogens is 371 g/mol. The summed E-state index contributed by atoms with van der Waals surface area (Å²) in [5.41, 5.74) is 4.19. The molecule has 0 saturated heterocycles. The molecule has 0 fully saturated rings. The number of carbonyl (C=O) groups excluding carboxylic acids is 1. The number of benzene rings is 1. The molecule has 7 heteroatoms. The van der Waals surface area contributed by atoms with Crippen LogP contribution in [-0.4, -0.2) is 39.7 Å². The lowest BCUT2D eigenvalue weighted by Gasteiger charge is -2.26. The standard InChI is InChI=1S/C22H27FN4O2/c1-13-16(14(2)24-21-20(13)22(29-6)25-27(21)5)11-12-19(28)26(4)15(3)17-9-7-8-10-18(17)23/h7-10,15H,11-12H2,1-6H3. The van der Waals surface area contributed by atoms with Crippen LogP contribution < -0.4 is 4.74 Å². The molecule has 1 unspecified atom stereocenters. The van der Waals surface area contributed by atoms with Gasteiger partial charge in [-0.05, 0) is 44.4 Å². The third-order valence-corrected chi connectivity index (χ3v) is 5.63. The SMILES string of the molecule is COc1nn(C)c2nc(C)c(CCC(=O)N(C)C(C)c3ccccc3F)c(C)c12. The van der Waals surface area contributed by atoms with Crippen LogP contribution in [0.5, 0.6) is 5.88 Å². The molecule has 1 amide bonds. The lowest BCUT2D eigenvalue weighted by atomic mass is 9.99. The van der Waals surface area contributed by atoms with Crippen molar-refractivity contribution < 1.29 is 13.9 Å². The first-order chi connectivity index (χ1) is 13.8. The molecular formula is C22H27FN4O2. The molecule has 0 radical (unpaired) electrons. The van der Waals surface area contributed by atoms with Gasteiger partial charge in [0.15, 0.2) is 5.65 Å². The number of fused-ring (bicyclic) bond motifs is 1. The van der Waals surface area contributed by atoms with Crippen molar-refractivity contribution in [3.05, 3.63) is 52.5 Å². The zero-order valence-electron chi connectivity index (χ0n) is 17.8. The number of amides is 1. The third kappa shape index (κ3) is 3.81. The van der Waals surface area contributed by atoms with Crippen LogP contribution in [0.1, 0.15) is 41.8 Å². The van der Waals surface area contributed by atoms with Gasteiger partial charge in [-0.3, -0.25) is 4.79 Å². The molecule has 2 heterocycles. The maximum atomic E-state index is 14.1. The van der Waals surface area contributed by atoms with Crippen LogP contribution in [0.2, 0.25) is 0 Å². The van der Waals surface area contributed by atoms with Crippen molar-refractivity contribution in [2.45, 2.75) is 39.7 Å². The molecule has 6 nitrogen and oxygen atoms in total. The van der Waals surface area contributed by atoms with E-state index in [1.165, 1.54) is 6.07 Å². The molecule has 0 aliphatic rings. The summed E-state index contributed by atoms with van der Waals surface area (Å²) in [6, 6.07) is 6.21. The number of methoxy groups -OCH3 is 1. The Morgan fingerprint density at radius 1 is 1.31 bits per heavy atom. The number of hydrogen-bond donors (Lipinski definition) is 0. The smallest absolute Gasteiger partial charge is 0.242 e. The summed E-state index contributed by atoms with van der Waals surface area (Å²) in [5, 5.41) is 5.23. The number of carbonyl (C=O) groups is 1. The van der Waals surface area contributed by atoms with Gasteiger partial charge in [-0.1, -0.05) is 18.2 Å². The van der Waals surface area contributed by atoms with Gasteiger partial charge in [-0.2, -0.15) is 0 Å². The van der Waals surface area contributed by atoms with Gasteiger partial charge < -0.3 is 9.64 Å². The van der Waals surface area contributed by atoms with Crippen molar-refractivity contribution in [3.63, 3.8) is 0 Å². The number of halogens is 1. The molecule has 3 aromatic rings. The highest BCUT2D eigenvalue weighted by molar-refractivity contribution is 5.86. The van der Waals surface area contributed by atoms with Crippen molar-refractivity contribution in [1.29, 1.82) is 0 Å². The van der Waals surface area contributed by atoms with Crippen molar-refractivity contribution in [1.82, 2.24) is 19.7 Å². The van der Waals surface area contributed by atoms with E-state index in [-0.39, 0.29) is 17.8 Å². The minimum Gasteiger partial charge on any atom is -0.479 e. The van der Waals surface area contributed by atoms with E-state index in [2.05, 4.69) is 10.1 Å². The lowest BCUT2D eigenvalue weighted by molar-refractivity contribution is -0.131. The topological polar surface area (TPSA) is 60.2 Å². The lowest BCUT2D eigenvalue weighted by Crippen LogP contribution is -2.30. The number of ether oxygens (including phenoxy) is 1. The molecule has 0 spiro atoms. The third-order valence-electron chi connectivity index (χ3n) is 5.63. The van der Waals surface area contributed by atoms with Gasteiger partial charge in [0.25, 0.3) is 0 Å². The van der Waals surface area contributed by atoms with Crippen LogP contribution in [-0.2, 0) is 18.3 Å². The highest BCUT2D eigenvalue weighted by Gasteiger charge is 2.22. The summed E-state index contributed by atoms with van der Waals surface area (Å²) in [6.07, 6.45) is 0.860. The second-order valence-electron chi connectivity index (χ2n) is 7.33. The number of rotatable bonds is 6. The van der Waals surface area contributed by atoms with Gasteiger partial charge in [0.05, 0.1) is 18.5 Å².